The van der Waals surface area contributed by atoms with Crippen LogP contribution in [0.25, 0.3) is 0 Å². The van der Waals surface area contributed by atoms with E-state index in [0.29, 0.717) is 36.3 Å². The van der Waals surface area contributed by atoms with E-state index in [2.05, 4.69) is 4.98 Å². The van der Waals surface area contributed by atoms with Gasteiger partial charge in [0, 0.05) is 0 Å². The zero-order chi connectivity index (χ0) is 14.2. The molecule has 0 saturated heterocycles. The molecule has 5 heteroatoms. The molecule has 0 unspecified atom stereocenters. The van der Waals surface area contributed by atoms with Crippen LogP contribution in [0.1, 0.15) is 5.69 Å². The summed E-state index contributed by atoms with van der Waals surface area (Å²) in [7, 11) is 1.61. The van der Waals surface area contributed by atoms with Crippen molar-refractivity contribution in [1.29, 1.82) is 0 Å². The van der Waals surface area contributed by atoms with E-state index >= 15 is 0 Å². The van der Waals surface area contributed by atoms with E-state index in [1.807, 2.05) is 36.4 Å². The second kappa shape index (κ2) is 7.60. The molecule has 0 bridgehead atoms. The summed E-state index contributed by atoms with van der Waals surface area (Å²) in [5.74, 6) is 2.51. The van der Waals surface area contributed by atoms with E-state index in [1.165, 1.54) is 0 Å². The third-order valence-corrected chi connectivity index (χ3v) is 2.89. The molecule has 0 spiro atoms. The Hall–Kier alpha value is -1.94. The molecule has 0 atom stereocenters. The molecule has 0 saturated carbocycles. The summed E-state index contributed by atoms with van der Waals surface area (Å²) in [5.41, 5.74) is 0.823. The van der Waals surface area contributed by atoms with Crippen LogP contribution in [0.5, 0.6) is 17.2 Å². The molecule has 1 aromatic carbocycles. The summed E-state index contributed by atoms with van der Waals surface area (Å²) in [6.45, 7) is 0.859. The van der Waals surface area contributed by atoms with Crippen LogP contribution in [-0.2, 0) is 5.88 Å². The SMILES string of the molecule is COc1ccccc1OCCOc1ccc(CCl)nc1. The third kappa shape index (κ3) is 4.03. The molecule has 0 aliphatic rings. The zero-order valence-electron chi connectivity index (χ0n) is 11.2. The van der Waals surface area contributed by atoms with Gasteiger partial charge in [-0.1, -0.05) is 12.1 Å². The van der Waals surface area contributed by atoms with E-state index in [9.17, 15) is 0 Å². The maximum absolute atomic E-state index is 5.67. The van der Waals surface area contributed by atoms with Crippen LogP contribution in [0.4, 0.5) is 0 Å². The van der Waals surface area contributed by atoms with Crippen molar-refractivity contribution in [2.24, 2.45) is 0 Å². The van der Waals surface area contributed by atoms with Gasteiger partial charge < -0.3 is 14.2 Å². The molecule has 4 nitrogen and oxygen atoms in total. The summed E-state index contributed by atoms with van der Waals surface area (Å²) < 4.78 is 16.3. The largest absolute Gasteiger partial charge is 0.493 e. The van der Waals surface area contributed by atoms with E-state index in [1.54, 1.807) is 13.3 Å². The molecule has 0 fully saturated rings. The Balaban J connectivity index is 1.78. The van der Waals surface area contributed by atoms with E-state index in [4.69, 9.17) is 25.8 Å². The van der Waals surface area contributed by atoms with Crippen LogP contribution in [0.3, 0.4) is 0 Å². The minimum Gasteiger partial charge on any atom is -0.493 e. The molecule has 0 radical (unpaired) electrons. The molecular formula is C15H16ClNO3. The number of benzene rings is 1. The Bertz CT molecular complexity index is 531. The van der Waals surface area contributed by atoms with Crippen molar-refractivity contribution in [2.45, 2.75) is 5.88 Å². The number of nitrogens with zero attached hydrogens (tertiary/aromatic N) is 1. The van der Waals surface area contributed by atoms with Crippen LogP contribution in [0.2, 0.25) is 0 Å². The van der Waals surface area contributed by atoms with Crippen molar-refractivity contribution in [3.05, 3.63) is 48.3 Å². The smallest absolute Gasteiger partial charge is 0.161 e. The predicted octanol–water partition coefficient (Wildman–Crippen LogP) is 3.29. The minimum absolute atomic E-state index is 0.400. The van der Waals surface area contributed by atoms with Gasteiger partial charge in [0.15, 0.2) is 11.5 Å². The number of alkyl halides is 1. The van der Waals surface area contributed by atoms with Crippen molar-refractivity contribution in [3.63, 3.8) is 0 Å². The number of para-hydroxylation sites is 2. The molecular weight excluding hydrogens is 278 g/mol. The zero-order valence-corrected chi connectivity index (χ0v) is 12.0. The normalized spacial score (nSPS) is 10.1. The highest BCUT2D eigenvalue weighted by atomic mass is 35.5. The van der Waals surface area contributed by atoms with E-state index in [0.717, 1.165) is 5.69 Å². The first kappa shape index (κ1) is 14.5. The van der Waals surface area contributed by atoms with Crippen molar-refractivity contribution >= 4 is 11.6 Å². The number of aromatic nitrogens is 1. The highest BCUT2D eigenvalue weighted by molar-refractivity contribution is 6.16. The summed E-state index contributed by atoms with van der Waals surface area (Å²) in [6, 6.07) is 11.2. The van der Waals surface area contributed by atoms with Gasteiger partial charge in [0.2, 0.25) is 0 Å². The van der Waals surface area contributed by atoms with Gasteiger partial charge in [-0.2, -0.15) is 0 Å². The Kier molecular flexibility index (Phi) is 5.50. The summed E-state index contributed by atoms with van der Waals surface area (Å²) >= 11 is 5.67. The number of hydrogen-bond donors (Lipinski definition) is 0. The standard InChI is InChI=1S/C15H16ClNO3/c1-18-14-4-2-3-5-15(14)20-9-8-19-13-7-6-12(10-16)17-11-13/h2-7,11H,8-10H2,1H3. The highest BCUT2D eigenvalue weighted by Crippen LogP contribution is 2.25. The lowest BCUT2D eigenvalue weighted by Gasteiger charge is -2.11. The van der Waals surface area contributed by atoms with Gasteiger partial charge in [0.25, 0.3) is 0 Å². The third-order valence-electron chi connectivity index (χ3n) is 2.61. The number of methoxy groups -OCH3 is 1. The topological polar surface area (TPSA) is 40.6 Å². The van der Waals surface area contributed by atoms with Gasteiger partial charge in [-0.15, -0.1) is 11.6 Å². The van der Waals surface area contributed by atoms with Crippen LogP contribution in [0.15, 0.2) is 42.6 Å². The Labute approximate surface area is 123 Å². The van der Waals surface area contributed by atoms with Gasteiger partial charge in [0.05, 0.1) is 24.9 Å². The van der Waals surface area contributed by atoms with Gasteiger partial charge in [-0.3, -0.25) is 4.98 Å². The van der Waals surface area contributed by atoms with Crippen molar-refractivity contribution in [2.75, 3.05) is 20.3 Å². The van der Waals surface area contributed by atoms with Crippen molar-refractivity contribution in [1.82, 2.24) is 4.98 Å². The van der Waals surface area contributed by atoms with Crippen molar-refractivity contribution < 1.29 is 14.2 Å². The number of hydrogen-bond acceptors (Lipinski definition) is 4. The minimum atomic E-state index is 0.400. The molecule has 0 N–H and O–H groups in total. The average Bonchev–Trinajstić information content (AvgIpc) is 2.52. The van der Waals surface area contributed by atoms with E-state index in [-0.39, 0.29) is 0 Å². The van der Waals surface area contributed by atoms with Gasteiger partial charge in [0.1, 0.15) is 19.0 Å². The van der Waals surface area contributed by atoms with Gasteiger partial charge >= 0.3 is 0 Å². The van der Waals surface area contributed by atoms with Gasteiger partial charge in [-0.25, -0.2) is 0 Å². The number of pyridine rings is 1. The Morgan fingerprint density at radius 1 is 1.00 bits per heavy atom. The lowest BCUT2D eigenvalue weighted by atomic mass is 10.3. The number of rotatable bonds is 7. The summed E-state index contributed by atoms with van der Waals surface area (Å²) in [5, 5.41) is 0. The quantitative estimate of drug-likeness (QED) is 0.580. The summed E-state index contributed by atoms with van der Waals surface area (Å²) in [6.07, 6.45) is 1.65. The Morgan fingerprint density at radius 3 is 2.40 bits per heavy atom. The van der Waals surface area contributed by atoms with Crippen LogP contribution in [0, 0.1) is 0 Å². The fourth-order valence-corrected chi connectivity index (χ4v) is 1.78. The first-order valence-electron chi connectivity index (χ1n) is 6.23. The second-order valence-corrected chi connectivity index (χ2v) is 4.23. The summed E-state index contributed by atoms with van der Waals surface area (Å²) in [4.78, 5) is 4.14. The molecule has 0 amide bonds. The van der Waals surface area contributed by atoms with Crippen LogP contribution in [-0.4, -0.2) is 25.3 Å². The molecule has 2 aromatic rings. The number of ether oxygens (including phenoxy) is 3. The fourth-order valence-electron chi connectivity index (χ4n) is 1.62. The predicted molar refractivity (Wildman–Crippen MR) is 77.8 cm³/mol. The van der Waals surface area contributed by atoms with Crippen LogP contribution < -0.4 is 14.2 Å². The molecule has 20 heavy (non-hydrogen) atoms. The highest BCUT2D eigenvalue weighted by Gasteiger charge is 2.02. The molecule has 106 valence electrons. The molecule has 2 rings (SSSR count). The fraction of sp³-hybridized carbons (Fsp3) is 0.267. The van der Waals surface area contributed by atoms with Gasteiger partial charge in [-0.05, 0) is 24.3 Å². The molecule has 0 aliphatic heterocycles. The average molecular weight is 294 g/mol. The molecule has 1 aromatic heterocycles. The number of halogens is 1. The lowest BCUT2D eigenvalue weighted by molar-refractivity contribution is 0.211. The monoisotopic (exact) mass is 293 g/mol. The Morgan fingerprint density at radius 2 is 1.75 bits per heavy atom. The molecule has 1 heterocycles. The first-order chi connectivity index (χ1) is 9.83. The second-order valence-electron chi connectivity index (χ2n) is 3.97. The maximum atomic E-state index is 5.67. The maximum Gasteiger partial charge on any atom is 0.161 e. The first-order valence-corrected chi connectivity index (χ1v) is 6.76. The van der Waals surface area contributed by atoms with Crippen LogP contribution >= 0.6 is 11.6 Å². The van der Waals surface area contributed by atoms with Crippen molar-refractivity contribution in [3.8, 4) is 17.2 Å². The van der Waals surface area contributed by atoms with E-state index < -0.39 is 0 Å². The lowest BCUT2D eigenvalue weighted by Crippen LogP contribution is -2.09. The molecule has 0 aliphatic carbocycles.